The van der Waals surface area contributed by atoms with Crippen LogP contribution in [0.5, 0.6) is 11.5 Å². The van der Waals surface area contributed by atoms with Gasteiger partial charge in [0.25, 0.3) is 5.69 Å². The molecule has 5 nitrogen and oxygen atoms in total. The van der Waals surface area contributed by atoms with Crippen molar-refractivity contribution in [1.82, 2.24) is 0 Å². The molecule has 0 unspecified atom stereocenters. The average molecular weight is 299 g/mol. The van der Waals surface area contributed by atoms with Gasteiger partial charge in [0.05, 0.1) is 19.1 Å². The zero-order chi connectivity index (χ0) is 16.1. The van der Waals surface area contributed by atoms with Crippen molar-refractivity contribution in [3.63, 3.8) is 0 Å². The number of nitro groups is 1. The van der Waals surface area contributed by atoms with Gasteiger partial charge in [-0.15, -0.1) is 0 Å². The fraction of sp³-hybridized carbons (Fsp3) is 0.176. The number of benzene rings is 2. The van der Waals surface area contributed by atoms with Crippen molar-refractivity contribution in [2.24, 2.45) is 0 Å². The van der Waals surface area contributed by atoms with Gasteiger partial charge in [-0.25, -0.2) is 0 Å². The van der Waals surface area contributed by atoms with Crippen LogP contribution in [-0.4, -0.2) is 19.1 Å². The van der Waals surface area contributed by atoms with Crippen LogP contribution in [0.2, 0.25) is 0 Å². The van der Waals surface area contributed by atoms with Crippen LogP contribution in [-0.2, 0) is 0 Å². The highest BCUT2D eigenvalue weighted by atomic mass is 16.6. The molecule has 0 saturated carbocycles. The molecule has 22 heavy (non-hydrogen) atoms. The van der Waals surface area contributed by atoms with Gasteiger partial charge in [-0.05, 0) is 47.9 Å². The van der Waals surface area contributed by atoms with Crippen molar-refractivity contribution in [1.29, 1.82) is 0 Å². The van der Waals surface area contributed by atoms with Gasteiger partial charge in [0.1, 0.15) is 0 Å². The van der Waals surface area contributed by atoms with E-state index in [1.807, 2.05) is 31.2 Å². The summed E-state index contributed by atoms with van der Waals surface area (Å²) >= 11 is 0. The normalized spacial score (nSPS) is 11.1. The van der Waals surface area contributed by atoms with E-state index in [1.54, 1.807) is 26.4 Å². The van der Waals surface area contributed by atoms with E-state index in [0.29, 0.717) is 11.5 Å². The third-order valence-electron chi connectivity index (χ3n) is 3.37. The summed E-state index contributed by atoms with van der Waals surface area (Å²) in [5.41, 5.74) is 2.90. The highest BCUT2D eigenvalue weighted by Crippen LogP contribution is 2.33. The summed E-state index contributed by atoms with van der Waals surface area (Å²) in [6.07, 6.45) is 1.96. The molecule has 0 saturated heterocycles. The number of non-ortho nitro benzene ring substituents is 1. The summed E-state index contributed by atoms with van der Waals surface area (Å²) < 4.78 is 10.5. The molecule has 0 radical (unpaired) electrons. The Labute approximate surface area is 129 Å². The van der Waals surface area contributed by atoms with Crippen molar-refractivity contribution >= 4 is 11.3 Å². The second kappa shape index (κ2) is 6.76. The Hall–Kier alpha value is -2.82. The van der Waals surface area contributed by atoms with Gasteiger partial charge < -0.3 is 9.47 Å². The number of hydrogen-bond donors (Lipinski definition) is 0. The largest absolute Gasteiger partial charge is 0.493 e. The van der Waals surface area contributed by atoms with Gasteiger partial charge in [0.2, 0.25) is 0 Å². The first-order valence-electron chi connectivity index (χ1n) is 6.74. The third kappa shape index (κ3) is 3.09. The molecule has 0 aromatic heterocycles. The number of hydrogen-bond acceptors (Lipinski definition) is 4. The van der Waals surface area contributed by atoms with E-state index in [-0.39, 0.29) is 5.69 Å². The van der Waals surface area contributed by atoms with E-state index in [1.165, 1.54) is 12.1 Å². The molecule has 0 heterocycles. The molecule has 114 valence electrons. The van der Waals surface area contributed by atoms with Crippen LogP contribution >= 0.6 is 0 Å². The van der Waals surface area contributed by atoms with Gasteiger partial charge in [0.15, 0.2) is 11.5 Å². The molecule has 0 aliphatic rings. The van der Waals surface area contributed by atoms with Gasteiger partial charge in [0, 0.05) is 12.1 Å². The van der Waals surface area contributed by atoms with Crippen molar-refractivity contribution in [2.75, 3.05) is 14.2 Å². The number of nitro benzene ring substituents is 1. The van der Waals surface area contributed by atoms with Crippen LogP contribution in [0.1, 0.15) is 18.1 Å². The minimum absolute atomic E-state index is 0.0755. The minimum Gasteiger partial charge on any atom is -0.493 e. The molecule has 2 aromatic rings. The third-order valence-corrected chi connectivity index (χ3v) is 3.37. The maximum absolute atomic E-state index is 10.7. The summed E-state index contributed by atoms with van der Waals surface area (Å²) in [4.78, 5) is 10.3. The molecular formula is C17H17NO4. The summed E-state index contributed by atoms with van der Waals surface area (Å²) in [6, 6.07) is 12.1. The molecule has 0 amide bonds. The first-order valence-corrected chi connectivity index (χ1v) is 6.74. The molecule has 0 spiro atoms. The monoisotopic (exact) mass is 299 g/mol. The fourth-order valence-electron chi connectivity index (χ4n) is 2.27. The van der Waals surface area contributed by atoms with Gasteiger partial charge >= 0.3 is 0 Å². The standard InChI is InChI=1S/C17H17NO4/c1-4-15(12-5-8-14(9-6-12)18(19)20)13-7-10-16(21-2)17(11-13)22-3/h4-11H,1-3H3. The first kappa shape index (κ1) is 15.6. The number of rotatable bonds is 5. The Balaban J connectivity index is 2.42. The molecule has 2 aromatic carbocycles. The maximum atomic E-state index is 10.7. The molecule has 0 aliphatic carbocycles. The molecule has 2 rings (SSSR count). The SMILES string of the molecule is CC=C(c1ccc([N+](=O)[O-])cc1)c1ccc(OC)c(OC)c1. The molecule has 5 heteroatoms. The molecular weight excluding hydrogens is 282 g/mol. The van der Waals surface area contributed by atoms with E-state index >= 15 is 0 Å². The lowest BCUT2D eigenvalue weighted by Gasteiger charge is -2.12. The Bertz CT molecular complexity index is 705. The molecule has 0 fully saturated rings. The quantitative estimate of drug-likeness (QED) is 0.617. The molecule has 0 N–H and O–H groups in total. The number of allylic oxidation sites excluding steroid dienone is 1. The first-order chi connectivity index (χ1) is 10.6. The van der Waals surface area contributed by atoms with E-state index in [9.17, 15) is 10.1 Å². The highest BCUT2D eigenvalue weighted by Gasteiger charge is 2.11. The number of methoxy groups -OCH3 is 2. The Kier molecular flexibility index (Phi) is 4.78. The van der Waals surface area contributed by atoms with Crippen LogP contribution in [0.15, 0.2) is 48.5 Å². The predicted octanol–water partition coefficient (Wildman–Crippen LogP) is 4.06. The van der Waals surface area contributed by atoms with E-state index in [4.69, 9.17) is 9.47 Å². The van der Waals surface area contributed by atoms with Crippen LogP contribution in [0, 0.1) is 10.1 Å². The lowest BCUT2D eigenvalue weighted by Crippen LogP contribution is -1.94. The minimum atomic E-state index is -0.407. The number of ether oxygens (including phenoxy) is 2. The lowest BCUT2D eigenvalue weighted by atomic mass is 9.97. The van der Waals surface area contributed by atoms with Crippen LogP contribution in [0.3, 0.4) is 0 Å². The maximum Gasteiger partial charge on any atom is 0.269 e. The smallest absolute Gasteiger partial charge is 0.269 e. The Morgan fingerprint density at radius 3 is 2.09 bits per heavy atom. The summed E-state index contributed by atoms with van der Waals surface area (Å²) in [6.45, 7) is 1.92. The zero-order valence-corrected chi connectivity index (χ0v) is 12.7. The van der Waals surface area contributed by atoms with Crippen LogP contribution in [0.4, 0.5) is 5.69 Å². The zero-order valence-electron chi connectivity index (χ0n) is 12.7. The second-order valence-corrected chi connectivity index (χ2v) is 4.58. The van der Waals surface area contributed by atoms with Gasteiger partial charge in [-0.2, -0.15) is 0 Å². The molecule has 0 bridgehead atoms. The van der Waals surface area contributed by atoms with Crippen molar-refractivity contribution in [2.45, 2.75) is 6.92 Å². The van der Waals surface area contributed by atoms with E-state index < -0.39 is 4.92 Å². The highest BCUT2D eigenvalue weighted by molar-refractivity contribution is 5.81. The second-order valence-electron chi connectivity index (χ2n) is 4.58. The fourth-order valence-corrected chi connectivity index (χ4v) is 2.27. The topological polar surface area (TPSA) is 61.6 Å². The van der Waals surface area contributed by atoms with Crippen molar-refractivity contribution < 1.29 is 14.4 Å². The summed E-state index contributed by atoms with van der Waals surface area (Å²) in [5, 5.41) is 10.7. The number of nitrogens with zero attached hydrogens (tertiary/aromatic N) is 1. The molecule has 0 aliphatic heterocycles. The Morgan fingerprint density at radius 2 is 1.59 bits per heavy atom. The predicted molar refractivity (Wildman–Crippen MR) is 85.4 cm³/mol. The Morgan fingerprint density at radius 1 is 1.00 bits per heavy atom. The van der Waals surface area contributed by atoms with E-state index in [0.717, 1.165) is 16.7 Å². The average Bonchev–Trinajstić information content (AvgIpc) is 2.55. The van der Waals surface area contributed by atoms with Gasteiger partial charge in [-0.3, -0.25) is 10.1 Å². The lowest BCUT2D eigenvalue weighted by molar-refractivity contribution is -0.384. The summed E-state index contributed by atoms with van der Waals surface area (Å²) in [5.74, 6) is 1.30. The molecule has 0 atom stereocenters. The van der Waals surface area contributed by atoms with Crippen molar-refractivity contribution in [3.05, 3.63) is 69.8 Å². The van der Waals surface area contributed by atoms with Crippen LogP contribution in [0.25, 0.3) is 5.57 Å². The van der Waals surface area contributed by atoms with Crippen LogP contribution < -0.4 is 9.47 Å². The van der Waals surface area contributed by atoms with Gasteiger partial charge in [-0.1, -0.05) is 12.1 Å². The summed E-state index contributed by atoms with van der Waals surface area (Å²) in [7, 11) is 3.17. The van der Waals surface area contributed by atoms with E-state index in [2.05, 4.69) is 0 Å². The van der Waals surface area contributed by atoms with Crippen molar-refractivity contribution in [3.8, 4) is 11.5 Å².